The van der Waals surface area contributed by atoms with E-state index >= 15 is 0 Å². The molecule has 3 aromatic rings. The third-order valence-electron chi connectivity index (χ3n) is 3.03. The van der Waals surface area contributed by atoms with Crippen molar-refractivity contribution in [3.63, 3.8) is 0 Å². The van der Waals surface area contributed by atoms with Crippen molar-refractivity contribution in [1.29, 1.82) is 0 Å². The Labute approximate surface area is 141 Å². The van der Waals surface area contributed by atoms with Crippen molar-refractivity contribution >= 4 is 39.4 Å². The first-order valence-corrected chi connectivity index (χ1v) is 8.71. The molecule has 3 rings (SSSR count). The Morgan fingerprint density at radius 1 is 1.17 bits per heavy atom. The molecule has 2 heterocycles. The summed E-state index contributed by atoms with van der Waals surface area (Å²) in [4.78, 5) is 17.4. The summed E-state index contributed by atoms with van der Waals surface area (Å²) < 4.78 is 12.9. The fourth-order valence-electron chi connectivity index (χ4n) is 1.93. The zero-order chi connectivity index (χ0) is 16.1. The summed E-state index contributed by atoms with van der Waals surface area (Å²) in [5, 5.41) is 10.5. The molecule has 2 N–H and O–H groups in total. The van der Waals surface area contributed by atoms with E-state index in [2.05, 4.69) is 15.6 Å². The maximum Gasteiger partial charge on any atom is 0.226 e. The second kappa shape index (κ2) is 7.34. The number of carbonyl (C=O) groups is 1. The van der Waals surface area contributed by atoms with E-state index in [1.807, 2.05) is 22.9 Å². The monoisotopic (exact) mass is 347 g/mol. The number of benzene rings is 1. The topological polar surface area (TPSA) is 54.0 Å². The lowest BCUT2D eigenvalue weighted by molar-refractivity contribution is -0.120. The van der Waals surface area contributed by atoms with Gasteiger partial charge in [0, 0.05) is 15.9 Å². The van der Waals surface area contributed by atoms with Gasteiger partial charge in [-0.1, -0.05) is 6.07 Å². The highest BCUT2D eigenvalue weighted by atomic mass is 32.1. The number of thiophene rings is 1. The lowest BCUT2D eigenvalue weighted by atomic mass is 10.3. The van der Waals surface area contributed by atoms with Crippen LogP contribution in [0.5, 0.6) is 0 Å². The molecule has 1 aromatic carbocycles. The van der Waals surface area contributed by atoms with E-state index in [1.165, 1.54) is 23.5 Å². The molecule has 0 atom stereocenters. The van der Waals surface area contributed by atoms with Crippen molar-refractivity contribution in [3.05, 3.63) is 63.5 Å². The lowest BCUT2D eigenvalue weighted by Gasteiger charge is -2.02. The number of nitrogens with one attached hydrogen (secondary N) is 2. The second-order valence-corrected chi connectivity index (χ2v) is 6.70. The maximum atomic E-state index is 12.9. The first-order valence-electron chi connectivity index (χ1n) is 6.95. The van der Waals surface area contributed by atoms with Crippen LogP contribution in [0.4, 0.5) is 15.2 Å². The normalized spacial score (nSPS) is 10.5. The molecular weight excluding hydrogens is 333 g/mol. The van der Waals surface area contributed by atoms with Gasteiger partial charge in [-0.15, -0.1) is 22.7 Å². The van der Waals surface area contributed by atoms with Crippen LogP contribution in [0, 0.1) is 5.82 Å². The molecule has 0 saturated heterocycles. The standard InChI is InChI=1S/C16H14FN3OS2/c17-11-3-5-12(6-4-11)19-16-20-13(10-23-16)8-15(21)18-9-14-2-1-7-22-14/h1-7,10H,8-9H2,(H,18,21)(H,19,20). The Bertz CT molecular complexity index is 769. The Balaban J connectivity index is 1.52. The molecule has 0 saturated carbocycles. The van der Waals surface area contributed by atoms with Gasteiger partial charge in [0.2, 0.25) is 5.91 Å². The highest BCUT2D eigenvalue weighted by Gasteiger charge is 2.08. The minimum absolute atomic E-state index is 0.0583. The molecule has 7 heteroatoms. The van der Waals surface area contributed by atoms with E-state index < -0.39 is 0 Å². The van der Waals surface area contributed by atoms with E-state index in [0.29, 0.717) is 17.4 Å². The van der Waals surface area contributed by atoms with Gasteiger partial charge in [-0.2, -0.15) is 0 Å². The van der Waals surface area contributed by atoms with Gasteiger partial charge >= 0.3 is 0 Å². The molecule has 0 aliphatic rings. The minimum Gasteiger partial charge on any atom is -0.351 e. The molecule has 1 amide bonds. The highest BCUT2D eigenvalue weighted by Crippen LogP contribution is 2.21. The van der Waals surface area contributed by atoms with Gasteiger partial charge < -0.3 is 10.6 Å². The van der Waals surface area contributed by atoms with Crippen LogP contribution in [-0.2, 0) is 17.8 Å². The number of rotatable bonds is 6. The average molecular weight is 347 g/mol. The molecular formula is C16H14FN3OS2. The Kier molecular flexibility index (Phi) is 4.99. The summed E-state index contributed by atoms with van der Waals surface area (Å²) >= 11 is 3.03. The van der Waals surface area contributed by atoms with Crippen LogP contribution >= 0.6 is 22.7 Å². The van der Waals surface area contributed by atoms with Crippen molar-refractivity contribution < 1.29 is 9.18 Å². The number of nitrogens with zero attached hydrogens (tertiary/aromatic N) is 1. The van der Waals surface area contributed by atoms with E-state index in [0.717, 1.165) is 10.6 Å². The average Bonchev–Trinajstić information content (AvgIpc) is 3.20. The third-order valence-corrected chi connectivity index (χ3v) is 4.71. The van der Waals surface area contributed by atoms with Crippen molar-refractivity contribution in [2.24, 2.45) is 0 Å². The fourth-order valence-corrected chi connectivity index (χ4v) is 3.30. The van der Waals surface area contributed by atoms with Gasteiger partial charge in [-0.3, -0.25) is 4.79 Å². The number of hydrogen-bond acceptors (Lipinski definition) is 5. The van der Waals surface area contributed by atoms with Crippen LogP contribution < -0.4 is 10.6 Å². The minimum atomic E-state index is -0.280. The van der Waals surface area contributed by atoms with Crippen LogP contribution in [0.25, 0.3) is 0 Å². The van der Waals surface area contributed by atoms with Crippen molar-refractivity contribution in [3.8, 4) is 0 Å². The van der Waals surface area contributed by atoms with Gasteiger partial charge in [0.25, 0.3) is 0 Å². The molecule has 0 fully saturated rings. The van der Waals surface area contributed by atoms with E-state index in [9.17, 15) is 9.18 Å². The van der Waals surface area contributed by atoms with E-state index in [4.69, 9.17) is 0 Å². The molecule has 0 aliphatic carbocycles. The number of halogens is 1. The Hall–Kier alpha value is -2.25. The van der Waals surface area contributed by atoms with Gasteiger partial charge in [-0.05, 0) is 35.7 Å². The molecule has 0 bridgehead atoms. The van der Waals surface area contributed by atoms with E-state index in [-0.39, 0.29) is 18.1 Å². The van der Waals surface area contributed by atoms with Gasteiger partial charge in [0.1, 0.15) is 5.82 Å². The van der Waals surface area contributed by atoms with E-state index in [1.54, 1.807) is 23.5 Å². The van der Waals surface area contributed by atoms with Gasteiger partial charge in [0.05, 0.1) is 18.7 Å². The summed E-state index contributed by atoms with van der Waals surface area (Å²) in [5.41, 5.74) is 1.47. The SMILES string of the molecule is O=C(Cc1csc(Nc2ccc(F)cc2)n1)NCc1cccs1. The number of aromatic nitrogens is 1. The van der Waals surface area contributed by atoms with Crippen LogP contribution in [-0.4, -0.2) is 10.9 Å². The van der Waals surface area contributed by atoms with Crippen molar-refractivity contribution in [2.45, 2.75) is 13.0 Å². The highest BCUT2D eigenvalue weighted by molar-refractivity contribution is 7.13. The summed E-state index contributed by atoms with van der Waals surface area (Å²) in [6, 6.07) is 10.00. The zero-order valence-electron chi connectivity index (χ0n) is 12.1. The van der Waals surface area contributed by atoms with Crippen LogP contribution in [0.1, 0.15) is 10.6 Å². The number of hydrogen-bond donors (Lipinski definition) is 2. The Morgan fingerprint density at radius 2 is 2.00 bits per heavy atom. The van der Waals surface area contributed by atoms with Gasteiger partial charge in [-0.25, -0.2) is 9.37 Å². The smallest absolute Gasteiger partial charge is 0.226 e. The van der Waals surface area contributed by atoms with Crippen molar-refractivity contribution in [1.82, 2.24) is 10.3 Å². The van der Waals surface area contributed by atoms with Crippen molar-refractivity contribution in [2.75, 3.05) is 5.32 Å². The summed E-state index contributed by atoms with van der Waals surface area (Å²) in [6.45, 7) is 0.543. The lowest BCUT2D eigenvalue weighted by Crippen LogP contribution is -2.24. The molecule has 0 aliphatic heterocycles. The second-order valence-electron chi connectivity index (χ2n) is 4.81. The van der Waals surface area contributed by atoms with Crippen LogP contribution in [0.3, 0.4) is 0 Å². The molecule has 0 spiro atoms. The molecule has 2 aromatic heterocycles. The first kappa shape index (κ1) is 15.6. The first-order chi connectivity index (χ1) is 11.2. The Morgan fingerprint density at radius 3 is 2.74 bits per heavy atom. The maximum absolute atomic E-state index is 12.9. The molecule has 4 nitrogen and oxygen atoms in total. The largest absolute Gasteiger partial charge is 0.351 e. The number of anilines is 2. The van der Waals surface area contributed by atoms with Gasteiger partial charge in [0.15, 0.2) is 5.13 Å². The molecule has 118 valence electrons. The zero-order valence-corrected chi connectivity index (χ0v) is 13.7. The summed E-state index contributed by atoms with van der Waals surface area (Å²) in [6.07, 6.45) is 0.243. The fraction of sp³-hybridized carbons (Fsp3) is 0.125. The molecule has 23 heavy (non-hydrogen) atoms. The number of thiazole rings is 1. The summed E-state index contributed by atoms with van der Waals surface area (Å²) in [5.74, 6) is -0.338. The summed E-state index contributed by atoms with van der Waals surface area (Å²) in [7, 11) is 0. The predicted octanol–water partition coefficient (Wildman–Crippen LogP) is 3.95. The van der Waals surface area contributed by atoms with Crippen LogP contribution in [0.2, 0.25) is 0 Å². The number of carbonyl (C=O) groups excluding carboxylic acids is 1. The number of amides is 1. The quantitative estimate of drug-likeness (QED) is 0.710. The molecule has 0 unspecified atom stereocenters. The van der Waals surface area contributed by atoms with Crippen LogP contribution in [0.15, 0.2) is 47.2 Å². The predicted molar refractivity (Wildman–Crippen MR) is 91.7 cm³/mol. The molecule has 0 radical (unpaired) electrons. The third kappa shape index (κ3) is 4.61.